The third-order valence-electron chi connectivity index (χ3n) is 3.63. The molecule has 3 amide bonds. The molecule has 1 unspecified atom stereocenters. The minimum atomic E-state index is -4.02. The maximum atomic E-state index is 13.5. The highest BCUT2D eigenvalue weighted by Gasteiger charge is 2.68. The maximum absolute atomic E-state index is 13.5. The van der Waals surface area contributed by atoms with Gasteiger partial charge in [0.15, 0.2) is 10.5 Å². The molecule has 0 aromatic rings. The number of hydrogen-bond donors (Lipinski definition) is 0. The van der Waals surface area contributed by atoms with Crippen molar-refractivity contribution in [2.24, 2.45) is 9.98 Å². The smallest absolute Gasteiger partial charge is 0.306 e. The van der Waals surface area contributed by atoms with Crippen LogP contribution in [0.4, 0.5) is 4.79 Å². The molecule has 1 fully saturated rings. The van der Waals surface area contributed by atoms with Gasteiger partial charge in [-0.1, -0.05) is 6.92 Å². The summed E-state index contributed by atoms with van der Waals surface area (Å²) in [6, 6.07) is -0.619. The van der Waals surface area contributed by atoms with E-state index in [-0.39, 0.29) is 30.2 Å². The summed E-state index contributed by atoms with van der Waals surface area (Å²) in [7, 11) is -2.61. The number of urea groups is 1. The van der Waals surface area contributed by atoms with Crippen molar-refractivity contribution >= 4 is 45.9 Å². The molecule has 0 radical (unpaired) electrons. The van der Waals surface area contributed by atoms with Gasteiger partial charge in [0.2, 0.25) is 0 Å². The monoisotopic (exact) mass is 422 g/mol. The highest BCUT2D eigenvalue weighted by atomic mass is 79.9. The summed E-state index contributed by atoms with van der Waals surface area (Å²) >= 11 is 3.11. The lowest BCUT2D eigenvalue weighted by molar-refractivity contribution is -0.123. The third kappa shape index (κ3) is 2.65. The zero-order valence-corrected chi connectivity index (χ0v) is 16.5. The molecule has 1 saturated heterocycles. The van der Waals surface area contributed by atoms with E-state index in [1.54, 1.807) is 13.8 Å². The molecule has 0 saturated carbocycles. The largest absolute Gasteiger partial charge is 0.385 e. The van der Waals surface area contributed by atoms with E-state index < -0.39 is 24.9 Å². The van der Waals surface area contributed by atoms with Gasteiger partial charge in [0.25, 0.3) is 11.3 Å². The molecule has 11 heteroatoms. The lowest BCUT2D eigenvalue weighted by Crippen LogP contribution is -2.66. The topological polar surface area (TPSA) is 101 Å². The summed E-state index contributed by atoms with van der Waals surface area (Å²) in [5.74, 6) is -0.641. The summed E-state index contributed by atoms with van der Waals surface area (Å²) < 4.78 is 24.3. The molecule has 134 valence electrons. The molecule has 2 rings (SSSR count). The van der Waals surface area contributed by atoms with Gasteiger partial charge in [-0.05, 0) is 36.2 Å². The van der Waals surface area contributed by atoms with Crippen molar-refractivity contribution in [3.63, 3.8) is 0 Å². The van der Waals surface area contributed by atoms with Crippen LogP contribution in [0.2, 0.25) is 0 Å². The van der Waals surface area contributed by atoms with E-state index in [9.17, 15) is 14.2 Å². The van der Waals surface area contributed by atoms with Crippen LogP contribution in [-0.4, -0.2) is 64.4 Å². The van der Waals surface area contributed by atoms with Gasteiger partial charge in [0, 0.05) is 13.6 Å². The van der Waals surface area contributed by atoms with Gasteiger partial charge >= 0.3 is 13.6 Å². The van der Waals surface area contributed by atoms with E-state index in [0.29, 0.717) is 6.42 Å². The molecule has 0 aliphatic carbocycles. The number of aliphatic imine (C=N–C) groups is 2. The quantitative estimate of drug-likeness (QED) is 0.463. The molecule has 0 bridgehead atoms. The number of imide groups is 1. The number of amidine groups is 1. The number of carbonyl (C=O) groups excluding carboxylic acids is 2. The van der Waals surface area contributed by atoms with Gasteiger partial charge in [-0.15, -0.1) is 0 Å². The first-order chi connectivity index (χ1) is 11.3. The van der Waals surface area contributed by atoms with Crippen molar-refractivity contribution < 1.29 is 23.2 Å². The summed E-state index contributed by atoms with van der Waals surface area (Å²) in [6.07, 6.45) is 0.586. The van der Waals surface area contributed by atoms with Crippen molar-refractivity contribution in [1.82, 2.24) is 9.80 Å². The van der Waals surface area contributed by atoms with Gasteiger partial charge in [-0.3, -0.25) is 19.2 Å². The number of rotatable bonds is 7. The number of hydrogen-bond acceptors (Lipinski definition) is 7. The molecule has 0 aromatic heterocycles. The standard InChI is InChI=1S/C13H20BrN4O5P/c1-5-8-18-10(19)9-13(16-11(14)15-9,17(4)12(18)20)24(21,22-6-2)23-7-3/h5-8H2,1-4H3. The normalized spacial score (nSPS) is 24.2. The number of carbonyl (C=O) groups is 2. The van der Waals surface area contributed by atoms with Crippen molar-refractivity contribution in [2.45, 2.75) is 32.6 Å². The van der Waals surface area contributed by atoms with Crippen LogP contribution in [0.15, 0.2) is 9.98 Å². The fraction of sp³-hybridized carbons (Fsp3) is 0.692. The Hall–Kier alpha value is -1.09. The fourth-order valence-corrected chi connectivity index (χ4v) is 5.44. The van der Waals surface area contributed by atoms with Crippen LogP contribution in [-0.2, 0) is 18.4 Å². The van der Waals surface area contributed by atoms with Crippen LogP contribution in [0.5, 0.6) is 0 Å². The van der Waals surface area contributed by atoms with Crippen LogP contribution in [0.3, 0.4) is 0 Å². The van der Waals surface area contributed by atoms with E-state index in [0.717, 1.165) is 9.80 Å². The van der Waals surface area contributed by atoms with Gasteiger partial charge in [0.05, 0.1) is 13.2 Å². The van der Waals surface area contributed by atoms with Gasteiger partial charge in [-0.2, -0.15) is 0 Å². The Morgan fingerprint density at radius 1 is 1.21 bits per heavy atom. The second-order valence-corrected chi connectivity index (χ2v) is 7.95. The van der Waals surface area contributed by atoms with Crippen molar-refractivity contribution in [3.05, 3.63) is 0 Å². The molecular weight excluding hydrogens is 403 g/mol. The van der Waals surface area contributed by atoms with Gasteiger partial charge in [-0.25, -0.2) is 14.8 Å². The highest BCUT2D eigenvalue weighted by molar-refractivity contribution is 9.18. The van der Waals surface area contributed by atoms with E-state index in [4.69, 9.17) is 9.05 Å². The Morgan fingerprint density at radius 2 is 1.79 bits per heavy atom. The van der Waals surface area contributed by atoms with Gasteiger partial charge in [0.1, 0.15) is 0 Å². The highest BCUT2D eigenvalue weighted by Crippen LogP contribution is 2.64. The predicted octanol–water partition coefficient (Wildman–Crippen LogP) is 2.42. The Labute approximate surface area is 148 Å². The van der Waals surface area contributed by atoms with Gasteiger partial charge < -0.3 is 9.05 Å². The molecule has 0 aromatic carbocycles. The molecule has 2 heterocycles. The number of fused-ring (bicyclic) bond motifs is 1. The molecule has 0 N–H and O–H groups in total. The second-order valence-electron chi connectivity index (χ2n) is 5.11. The summed E-state index contributed by atoms with van der Waals surface area (Å²) in [6.45, 7) is 5.48. The first-order valence-electron chi connectivity index (χ1n) is 7.62. The molecule has 1 atom stereocenters. The average Bonchev–Trinajstić information content (AvgIpc) is 2.89. The van der Waals surface area contributed by atoms with Crippen molar-refractivity contribution in [2.75, 3.05) is 26.8 Å². The minimum Gasteiger partial charge on any atom is -0.306 e. The Kier molecular flexibility index (Phi) is 5.64. The Balaban J connectivity index is 2.66. The minimum absolute atomic E-state index is 0.0588. The molecule has 0 spiro atoms. The second kappa shape index (κ2) is 7.03. The molecule has 9 nitrogen and oxygen atoms in total. The van der Waals surface area contributed by atoms with Crippen LogP contribution in [0.25, 0.3) is 0 Å². The van der Waals surface area contributed by atoms with Crippen LogP contribution in [0, 0.1) is 0 Å². The molecular formula is C13H20BrN4O5P. The number of halogens is 1. The fourth-order valence-electron chi connectivity index (χ4n) is 2.68. The van der Waals surface area contributed by atoms with E-state index in [2.05, 4.69) is 25.9 Å². The van der Waals surface area contributed by atoms with E-state index in [1.165, 1.54) is 7.05 Å². The molecule has 24 heavy (non-hydrogen) atoms. The van der Waals surface area contributed by atoms with Crippen LogP contribution >= 0.6 is 23.5 Å². The third-order valence-corrected chi connectivity index (χ3v) is 6.56. The lowest BCUT2D eigenvalue weighted by atomic mass is 10.2. The van der Waals surface area contributed by atoms with E-state index in [1.807, 2.05) is 6.92 Å². The SMILES string of the molecule is CCCN1C(=O)C2=NC(Br)=NC2(P(=O)(OCC)OCC)N(C)C1=O. The number of amides is 3. The average molecular weight is 423 g/mol. The zero-order valence-electron chi connectivity index (χ0n) is 14.0. The summed E-state index contributed by atoms with van der Waals surface area (Å²) in [5, 5.41) is -1.91. The number of nitrogens with zero attached hydrogens (tertiary/aromatic N) is 4. The van der Waals surface area contributed by atoms with Crippen LogP contribution < -0.4 is 0 Å². The molecule has 2 aliphatic rings. The lowest BCUT2D eigenvalue weighted by Gasteiger charge is -2.45. The van der Waals surface area contributed by atoms with Crippen LogP contribution in [0.1, 0.15) is 27.2 Å². The Morgan fingerprint density at radius 3 is 2.29 bits per heavy atom. The molecule has 2 aliphatic heterocycles. The Bertz CT molecular complexity index is 657. The van der Waals surface area contributed by atoms with E-state index >= 15 is 0 Å². The maximum Gasteiger partial charge on any atom is 0.385 e. The summed E-state index contributed by atoms with van der Waals surface area (Å²) in [5.41, 5.74) is -0.143. The first kappa shape index (κ1) is 19.2. The zero-order chi connectivity index (χ0) is 18.1. The van der Waals surface area contributed by atoms with Crippen molar-refractivity contribution in [3.8, 4) is 0 Å². The first-order valence-corrected chi connectivity index (χ1v) is 9.96. The van der Waals surface area contributed by atoms with Crippen molar-refractivity contribution in [1.29, 1.82) is 0 Å². The predicted molar refractivity (Wildman–Crippen MR) is 92.5 cm³/mol. The summed E-state index contributed by atoms with van der Waals surface area (Å²) in [4.78, 5) is 35.9.